The molecular weight excluding hydrogens is 274 g/mol. The average molecular weight is 293 g/mol. The van der Waals surface area contributed by atoms with Crippen molar-refractivity contribution in [2.45, 2.75) is 29.9 Å². The number of ether oxygens (including phenoxy) is 1. The van der Waals surface area contributed by atoms with Crippen LogP contribution in [-0.2, 0) is 14.8 Å². The van der Waals surface area contributed by atoms with E-state index in [1.54, 1.807) is 34.6 Å². The zero-order valence-corrected chi connectivity index (χ0v) is 12.1. The van der Waals surface area contributed by atoms with E-state index in [9.17, 15) is 8.42 Å². The minimum absolute atomic E-state index is 0.0199. The minimum Gasteiger partial charge on any atom is -0.372 e. The maximum absolute atomic E-state index is 12.7. The van der Waals surface area contributed by atoms with E-state index in [2.05, 4.69) is 6.58 Å². The summed E-state index contributed by atoms with van der Waals surface area (Å²) in [5.74, 6) is 0.318. The lowest BCUT2D eigenvalue weighted by Gasteiger charge is -2.26. The van der Waals surface area contributed by atoms with Crippen molar-refractivity contribution in [3.8, 4) is 0 Å². The molecule has 1 saturated carbocycles. The lowest BCUT2D eigenvalue weighted by atomic mass is 10.1. The Kier molecular flexibility index (Phi) is 3.67. The molecule has 5 heteroatoms. The predicted molar refractivity (Wildman–Crippen MR) is 76.8 cm³/mol. The van der Waals surface area contributed by atoms with Crippen LogP contribution in [0.5, 0.6) is 0 Å². The molecule has 0 N–H and O–H groups in total. The van der Waals surface area contributed by atoms with Crippen LogP contribution in [0, 0.1) is 5.92 Å². The van der Waals surface area contributed by atoms with Crippen LogP contribution in [0.4, 0.5) is 0 Å². The Morgan fingerprint density at radius 3 is 2.75 bits per heavy atom. The van der Waals surface area contributed by atoms with E-state index < -0.39 is 10.0 Å². The van der Waals surface area contributed by atoms with Crippen LogP contribution < -0.4 is 0 Å². The van der Waals surface area contributed by atoms with Crippen LogP contribution in [0.25, 0.3) is 0 Å². The van der Waals surface area contributed by atoms with Gasteiger partial charge in [-0.3, -0.25) is 0 Å². The van der Waals surface area contributed by atoms with Gasteiger partial charge in [0.25, 0.3) is 0 Å². The van der Waals surface area contributed by atoms with E-state index in [0.29, 0.717) is 24.0 Å². The molecular formula is C15H19NO3S. The molecule has 0 aromatic heterocycles. The van der Waals surface area contributed by atoms with Crippen LogP contribution in [0.15, 0.2) is 47.9 Å². The van der Waals surface area contributed by atoms with Crippen LogP contribution >= 0.6 is 0 Å². The van der Waals surface area contributed by atoms with Gasteiger partial charge >= 0.3 is 0 Å². The molecule has 2 bridgehead atoms. The fraction of sp³-hybridized carbons (Fsp3) is 0.467. The lowest BCUT2D eigenvalue weighted by Crippen LogP contribution is -2.39. The molecule has 1 aliphatic carbocycles. The van der Waals surface area contributed by atoms with Crippen molar-refractivity contribution < 1.29 is 13.2 Å². The summed E-state index contributed by atoms with van der Waals surface area (Å²) in [5.41, 5.74) is 0. The van der Waals surface area contributed by atoms with E-state index >= 15 is 0 Å². The number of hydrogen-bond donors (Lipinski definition) is 0. The summed E-state index contributed by atoms with van der Waals surface area (Å²) in [6.45, 7) is 4.71. The lowest BCUT2D eigenvalue weighted by molar-refractivity contribution is 0.0529. The molecule has 1 heterocycles. The maximum atomic E-state index is 12.7. The van der Waals surface area contributed by atoms with Gasteiger partial charge in [-0.05, 0) is 25.0 Å². The Balaban J connectivity index is 1.84. The third-order valence-corrected chi connectivity index (χ3v) is 6.12. The maximum Gasteiger partial charge on any atom is 0.243 e. The normalized spacial score (nSPS) is 29.7. The summed E-state index contributed by atoms with van der Waals surface area (Å²) < 4.78 is 32.8. The number of hydrogen-bond acceptors (Lipinski definition) is 3. The smallest absolute Gasteiger partial charge is 0.243 e. The first-order chi connectivity index (χ1) is 9.64. The second-order valence-electron chi connectivity index (χ2n) is 5.38. The quantitative estimate of drug-likeness (QED) is 0.781. The predicted octanol–water partition coefficient (Wildman–Crippen LogP) is 2.04. The molecule has 20 heavy (non-hydrogen) atoms. The number of rotatable bonds is 5. The Morgan fingerprint density at radius 2 is 2.05 bits per heavy atom. The molecule has 3 rings (SSSR count). The average Bonchev–Trinajstić information content (AvgIpc) is 3.03. The second-order valence-corrected chi connectivity index (χ2v) is 7.27. The molecule has 0 radical (unpaired) electrons. The molecule has 1 aromatic carbocycles. The van der Waals surface area contributed by atoms with Gasteiger partial charge in [0.1, 0.15) is 0 Å². The molecule has 108 valence electrons. The summed E-state index contributed by atoms with van der Waals surface area (Å²) in [7, 11) is -3.40. The van der Waals surface area contributed by atoms with E-state index in [1.807, 2.05) is 6.07 Å². The van der Waals surface area contributed by atoms with Gasteiger partial charge in [0, 0.05) is 12.5 Å². The van der Waals surface area contributed by atoms with E-state index in [1.165, 1.54) is 0 Å². The first-order valence-corrected chi connectivity index (χ1v) is 8.38. The third-order valence-electron chi connectivity index (χ3n) is 4.22. The monoisotopic (exact) mass is 293 g/mol. The highest BCUT2D eigenvalue weighted by molar-refractivity contribution is 7.89. The van der Waals surface area contributed by atoms with Crippen molar-refractivity contribution in [2.24, 2.45) is 5.92 Å². The summed E-state index contributed by atoms with van der Waals surface area (Å²) >= 11 is 0. The highest BCUT2D eigenvalue weighted by Crippen LogP contribution is 2.42. The van der Waals surface area contributed by atoms with Crippen molar-refractivity contribution in [2.75, 3.05) is 13.2 Å². The first kappa shape index (κ1) is 13.8. The molecule has 2 aliphatic rings. The Morgan fingerprint density at radius 1 is 1.30 bits per heavy atom. The summed E-state index contributed by atoms with van der Waals surface area (Å²) in [6.07, 6.45) is 3.67. The van der Waals surface area contributed by atoms with Crippen molar-refractivity contribution in [1.29, 1.82) is 0 Å². The molecule has 0 amide bonds. The van der Waals surface area contributed by atoms with Crippen LogP contribution in [0.1, 0.15) is 12.8 Å². The SMILES string of the molecule is C=CCOC1C2CCC1N(S(=O)(=O)c1ccccc1)C2. The van der Waals surface area contributed by atoms with Gasteiger partial charge in [-0.1, -0.05) is 24.3 Å². The molecule has 1 saturated heterocycles. The van der Waals surface area contributed by atoms with Crippen molar-refractivity contribution in [3.63, 3.8) is 0 Å². The van der Waals surface area contributed by atoms with Gasteiger partial charge in [-0.2, -0.15) is 4.31 Å². The third kappa shape index (κ3) is 2.20. The highest BCUT2D eigenvalue weighted by atomic mass is 32.2. The zero-order valence-electron chi connectivity index (χ0n) is 11.3. The van der Waals surface area contributed by atoms with Crippen LogP contribution in [-0.4, -0.2) is 38.0 Å². The summed E-state index contributed by atoms with van der Waals surface area (Å²) in [4.78, 5) is 0.370. The summed E-state index contributed by atoms with van der Waals surface area (Å²) in [6, 6.07) is 8.62. The topological polar surface area (TPSA) is 46.6 Å². The van der Waals surface area contributed by atoms with Crippen molar-refractivity contribution in [3.05, 3.63) is 43.0 Å². The molecule has 4 nitrogen and oxygen atoms in total. The number of fused-ring (bicyclic) bond motifs is 2. The van der Waals surface area contributed by atoms with Crippen molar-refractivity contribution in [1.82, 2.24) is 4.31 Å². The van der Waals surface area contributed by atoms with Gasteiger partial charge in [0.15, 0.2) is 0 Å². The van der Waals surface area contributed by atoms with Gasteiger partial charge in [0.2, 0.25) is 10.0 Å². The highest BCUT2D eigenvalue weighted by Gasteiger charge is 2.52. The molecule has 1 aromatic rings. The zero-order chi connectivity index (χ0) is 14.2. The fourth-order valence-electron chi connectivity index (χ4n) is 3.33. The van der Waals surface area contributed by atoms with E-state index in [4.69, 9.17) is 4.74 Å². The standard InChI is InChI=1S/C15H19NO3S/c1-2-10-19-15-12-8-9-14(15)16(11-12)20(17,18)13-6-4-3-5-7-13/h2-7,12,14-15H,1,8-11H2. The Labute approximate surface area is 120 Å². The number of sulfonamides is 1. The molecule has 0 spiro atoms. The molecule has 1 aliphatic heterocycles. The molecule has 2 fully saturated rings. The van der Waals surface area contributed by atoms with E-state index in [0.717, 1.165) is 12.8 Å². The molecule has 3 atom stereocenters. The molecule has 3 unspecified atom stereocenters. The van der Waals surface area contributed by atoms with Gasteiger partial charge in [-0.15, -0.1) is 6.58 Å². The number of benzene rings is 1. The largest absolute Gasteiger partial charge is 0.372 e. The number of nitrogens with zero attached hydrogens (tertiary/aromatic N) is 1. The van der Waals surface area contributed by atoms with Gasteiger partial charge in [-0.25, -0.2) is 8.42 Å². The second kappa shape index (κ2) is 5.31. The van der Waals surface area contributed by atoms with Crippen molar-refractivity contribution >= 4 is 10.0 Å². The first-order valence-electron chi connectivity index (χ1n) is 6.94. The summed E-state index contributed by atoms with van der Waals surface area (Å²) in [5, 5.41) is 0. The minimum atomic E-state index is -3.40. The number of piperidine rings is 1. The van der Waals surface area contributed by atoms with Gasteiger partial charge < -0.3 is 4.74 Å². The Hall–Kier alpha value is -1.17. The fourth-order valence-corrected chi connectivity index (χ4v) is 5.07. The Bertz CT molecular complexity index is 584. The van der Waals surface area contributed by atoms with E-state index in [-0.39, 0.29) is 12.1 Å². The van der Waals surface area contributed by atoms with Gasteiger partial charge in [0.05, 0.1) is 23.6 Å². The van der Waals surface area contributed by atoms with Crippen LogP contribution in [0.2, 0.25) is 0 Å². The van der Waals surface area contributed by atoms with Crippen LogP contribution in [0.3, 0.4) is 0 Å².